The number of para-hydroxylation sites is 1. The number of alkyl halides is 3. The number of nitrogens with zero attached hydrogens (tertiary/aromatic N) is 7. The van der Waals surface area contributed by atoms with Crippen LogP contribution in [0.1, 0.15) is 5.56 Å². The maximum Gasteiger partial charge on any atom is 0.416 e. The molecule has 10 heteroatoms. The van der Waals surface area contributed by atoms with Crippen molar-refractivity contribution in [1.82, 2.24) is 35.2 Å². The van der Waals surface area contributed by atoms with Gasteiger partial charge in [-0.1, -0.05) is 30.3 Å². The first-order valence-corrected chi connectivity index (χ1v) is 9.80. The summed E-state index contributed by atoms with van der Waals surface area (Å²) in [6.07, 6.45) is 0.362. The molecule has 0 atom stereocenters. The quantitative estimate of drug-likeness (QED) is 0.393. The Bertz CT molecular complexity index is 1380. The Morgan fingerprint density at radius 1 is 0.788 bits per heavy atom. The molecule has 5 aromatic rings. The van der Waals surface area contributed by atoms with Gasteiger partial charge in [0.1, 0.15) is 0 Å². The third kappa shape index (κ3) is 4.05. The molecule has 0 radical (unpaired) electrons. The van der Waals surface area contributed by atoms with Crippen molar-refractivity contribution in [3.8, 4) is 39.7 Å². The normalized spacial score (nSPS) is 11.5. The molecule has 0 aliphatic heterocycles. The standard InChI is InChI=1S/C23H14F3N7/c24-23(25,26)17-10-8-15(9-11-17)20-19(14-28-21(29-20)16-5-4-12-27-13-16)22-30-31-32-33(22)18-6-2-1-3-7-18/h1-14H. The van der Waals surface area contributed by atoms with Crippen LogP contribution in [0.15, 0.2) is 85.3 Å². The number of benzene rings is 2. The van der Waals surface area contributed by atoms with Gasteiger partial charge < -0.3 is 0 Å². The van der Waals surface area contributed by atoms with Crippen LogP contribution >= 0.6 is 0 Å². The van der Waals surface area contributed by atoms with E-state index in [1.54, 1.807) is 30.7 Å². The van der Waals surface area contributed by atoms with Crippen molar-refractivity contribution in [2.75, 3.05) is 0 Å². The van der Waals surface area contributed by atoms with E-state index in [0.717, 1.165) is 12.1 Å². The summed E-state index contributed by atoms with van der Waals surface area (Å²) in [5.74, 6) is 0.731. The van der Waals surface area contributed by atoms with E-state index in [4.69, 9.17) is 0 Å². The molecule has 0 bridgehead atoms. The number of halogens is 3. The summed E-state index contributed by atoms with van der Waals surface area (Å²) in [6.45, 7) is 0. The minimum Gasteiger partial charge on any atom is -0.264 e. The molecule has 3 aromatic heterocycles. The Morgan fingerprint density at radius 3 is 2.27 bits per heavy atom. The minimum absolute atomic E-state index is 0.355. The summed E-state index contributed by atoms with van der Waals surface area (Å²) >= 11 is 0. The van der Waals surface area contributed by atoms with Crippen LogP contribution in [0.5, 0.6) is 0 Å². The SMILES string of the molecule is FC(F)(F)c1ccc(-c2nc(-c3cccnc3)ncc2-c2nnnn2-c2ccccc2)cc1. The first-order chi connectivity index (χ1) is 16.0. The number of pyridine rings is 1. The molecule has 0 N–H and O–H groups in total. The molecule has 3 heterocycles. The van der Waals surface area contributed by atoms with Crippen molar-refractivity contribution in [1.29, 1.82) is 0 Å². The van der Waals surface area contributed by atoms with E-state index in [0.29, 0.717) is 39.7 Å². The van der Waals surface area contributed by atoms with Gasteiger partial charge in [-0.25, -0.2) is 9.97 Å². The average molecular weight is 445 g/mol. The van der Waals surface area contributed by atoms with Crippen molar-refractivity contribution >= 4 is 0 Å². The maximum atomic E-state index is 13.1. The summed E-state index contributed by atoms with van der Waals surface area (Å²) in [5, 5.41) is 12.0. The maximum absolute atomic E-state index is 13.1. The molecule has 0 saturated carbocycles. The molecule has 0 saturated heterocycles. The van der Waals surface area contributed by atoms with Crippen molar-refractivity contribution in [3.05, 3.63) is 90.9 Å². The van der Waals surface area contributed by atoms with Crippen LogP contribution in [0.2, 0.25) is 0 Å². The Kier molecular flexibility index (Phi) is 5.09. The molecule has 0 aliphatic carbocycles. The Hall–Kier alpha value is -4.47. The Morgan fingerprint density at radius 2 is 1.58 bits per heavy atom. The van der Waals surface area contributed by atoms with Gasteiger partial charge in [0.15, 0.2) is 11.6 Å². The second-order valence-corrected chi connectivity index (χ2v) is 7.02. The van der Waals surface area contributed by atoms with Gasteiger partial charge in [-0.2, -0.15) is 17.9 Å². The van der Waals surface area contributed by atoms with Crippen molar-refractivity contribution in [2.45, 2.75) is 6.18 Å². The molecule has 0 fully saturated rings. The highest BCUT2D eigenvalue weighted by Gasteiger charge is 2.30. The Balaban J connectivity index is 1.69. The lowest BCUT2D eigenvalue weighted by molar-refractivity contribution is -0.137. The molecule has 162 valence electrons. The molecular weight excluding hydrogens is 431 g/mol. The fraction of sp³-hybridized carbons (Fsp3) is 0.0435. The van der Waals surface area contributed by atoms with Gasteiger partial charge >= 0.3 is 6.18 Å². The monoisotopic (exact) mass is 445 g/mol. The van der Waals surface area contributed by atoms with Gasteiger partial charge in [0.25, 0.3) is 0 Å². The fourth-order valence-corrected chi connectivity index (χ4v) is 3.31. The van der Waals surface area contributed by atoms with Gasteiger partial charge in [0, 0.05) is 29.7 Å². The van der Waals surface area contributed by atoms with Gasteiger partial charge in [-0.05, 0) is 46.8 Å². The summed E-state index contributed by atoms with van der Waals surface area (Å²) in [5.41, 5.74) is 1.96. The number of hydrogen-bond acceptors (Lipinski definition) is 6. The predicted octanol–water partition coefficient (Wildman–Crippen LogP) is 4.87. The van der Waals surface area contributed by atoms with E-state index in [9.17, 15) is 13.2 Å². The molecule has 33 heavy (non-hydrogen) atoms. The summed E-state index contributed by atoms with van der Waals surface area (Å²) < 4.78 is 40.8. The number of hydrogen-bond donors (Lipinski definition) is 0. The molecule has 0 unspecified atom stereocenters. The average Bonchev–Trinajstić information content (AvgIpc) is 3.34. The lowest BCUT2D eigenvalue weighted by Gasteiger charge is -2.12. The largest absolute Gasteiger partial charge is 0.416 e. The molecule has 0 spiro atoms. The zero-order valence-electron chi connectivity index (χ0n) is 16.8. The van der Waals surface area contributed by atoms with Gasteiger partial charge in [0.2, 0.25) is 0 Å². The molecule has 5 rings (SSSR count). The van der Waals surface area contributed by atoms with E-state index >= 15 is 0 Å². The molecule has 0 aliphatic rings. The van der Waals surface area contributed by atoms with Crippen LogP contribution in [0.3, 0.4) is 0 Å². The molecule has 0 amide bonds. The minimum atomic E-state index is -4.44. The van der Waals surface area contributed by atoms with E-state index in [1.165, 1.54) is 16.8 Å². The van der Waals surface area contributed by atoms with E-state index in [-0.39, 0.29) is 0 Å². The number of tetrazole rings is 1. The van der Waals surface area contributed by atoms with Crippen molar-refractivity contribution in [3.63, 3.8) is 0 Å². The van der Waals surface area contributed by atoms with Gasteiger partial charge in [0.05, 0.1) is 22.5 Å². The number of aromatic nitrogens is 7. The highest BCUT2D eigenvalue weighted by molar-refractivity contribution is 5.79. The highest BCUT2D eigenvalue weighted by Crippen LogP contribution is 2.34. The van der Waals surface area contributed by atoms with E-state index in [2.05, 4.69) is 30.5 Å². The van der Waals surface area contributed by atoms with E-state index in [1.807, 2.05) is 30.3 Å². The second-order valence-electron chi connectivity index (χ2n) is 7.02. The smallest absolute Gasteiger partial charge is 0.264 e. The van der Waals surface area contributed by atoms with Crippen LogP contribution in [0.4, 0.5) is 13.2 Å². The van der Waals surface area contributed by atoms with Crippen molar-refractivity contribution < 1.29 is 13.2 Å². The topological polar surface area (TPSA) is 82.3 Å². The molecular formula is C23H14F3N7. The van der Waals surface area contributed by atoms with Crippen LogP contribution in [0.25, 0.3) is 39.7 Å². The summed E-state index contributed by atoms with van der Waals surface area (Å²) in [7, 11) is 0. The zero-order chi connectivity index (χ0) is 22.8. The first-order valence-electron chi connectivity index (χ1n) is 9.80. The van der Waals surface area contributed by atoms with Crippen LogP contribution in [0, 0.1) is 0 Å². The highest BCUT2D eigenvalue weighted by atomic mass is 19.4. The predicted molar refractivity (Wildman–Crippen MR) is 114 cm³/mol. The van der Waals surface area contributed by atoms with Gasteiger partial charge in [-0.3, -0.25) is 4.98 Å². The van der Waals surface area contributed by atoms with Crippen molar-refractivity contribution in [2.24, 2.45) is 0 Å². The first kappa shape index (κ1) is 20.4. The summed E-state index contributed by atoms with van der Waals surface area (Å²) in [6, 6.07) is 17.6. The number of rotatable bonds is 4. The summed E-state index contributed by atoms with van der Waals surface area (Å²) in [4.78, 5) is 13.2. The van der Waals surface area contributed by atoms with Crippen LogP contribution < -0.4 is 0 Å². The third-order valence-corrected chi connectivity index (χ3v) is 4.91. The fourth-order valence-electron chi connectivity index (χ4n) is 3.31. The Labute approximate surface area is 185 Å². The van der Waals surface area contributed by atoms with Crippen LogP contribution in [-0.4, -0.2) is 35.2 Å². The molecule has 7 nitrogen and oxygen atoms in total. The zero-order valence-corrected chi connectivity index (χ0v) is 16.8. The van der Waals surface area contributed by atoms with E-state index < -0.39 is 11.7 Å². The lowest BCUT2D eigenvalue weighted by Crippen LogP contribution is -2.05. The third-order valence-electron chi connectivity index (χ3n) is 4.91. The molecule has 2 aromatic carbocycles. The second kappa shape index (κ2) is 8.23. The lowest BCUT2D eigenvalue weighted by atomic mass is 10.0. The van der Waals surface area contributed by atoms with Gasteiger partial charge in [-0.15, -0.1) is 5.10 Å². The van der Waals surface area contributed by atoms with Crippen LogP contribution in [-0.2, 0) is 6.18 Å².